The van der Waals surface area contributed by atoms with Gasteiger partial charge >= 0.3 is 5.97 Å². The SMILES string of the molecule is CC(C)(Oc1ccc(Cl)cc1)C(=O)N1CCC[C@@H]1c1nc(C(=O)O)c(O)c(=O)[nH]1. The van der Waals surface area contributed by atoms with Crippen LogP contribution < -0.4 is 10.3 Å². The van der Waals surface area contributed by atoms with Crippen LogP contribution in [0.25, 0.3) is 0 Å². The van der Waals surface area contributed by atoms with Gasteiger partial charge in [-0.25, -0.2) is 9.78 Å². The number of benzene rings is 1. The number of aromatic carboxylic acids is 1. The lowest BCUT2D eigenvalue weighted by Crippen LogP contribution is -2.49. The number of nitrogens with one attached hydrogen (secondary N) is 1. The molecule has 0 spiro atoms. The molecule has 1 fully saturated rings. The lowest BCUT2D eigenvalue weighted by atomic mass is 10.1. The van der Waals surface area contributed by atoms with Gasteiger partial charge in [-0.1, -0.05) is 11.6 Å². The number of aromatic amines is 1. The highest BCUT2D eigenvalue weighted by atomic mass is 35.5. The second-order valence-electron chi connectivity index (χ2n) is 7.18. The van der Waals surface area contributed by atoms with Crippen LogP contribution >= 0.6 is 11.6 Å². The van der Waals surface area contributed by atoms with Gasteiger partial charge in [0.15, 0.2) is 11.3 Å². The number of rotatable bonds is 5. The quantitative estimate of drug-likeness (QED) is 0.674. The van der Waals surface area contributed by atoms with Crippen LogP contribution in [0.15, 0.2) is 29.1 Å². The maximum Gasteiger partial charge on any atom is 0.358 e. The van der Waals surface area contributed by atoms with Crippen molar-refractivity contribution in [3.05, 3.63) is 51.2 Å². The molecule has 0 unspecified atom stereocenters. The summed E-state index contributed by atoms with van der Waals surface area (Å²) in [7, 11) is 0. The summed E-state index contributed by atoms with van der Waals surface area (Å²) < 4.78 is 5.84. The number of nitrogens with zero attached hydrogens (tertiary/aromatic N) is 2. The molecule has 3 N–H and O–H groups in total. The molecule has 1 atom stereocenters. The van der Waals surface area contributed by atoms with Crippen molar-refractivity contribution >= 4 is 23.5 Å². The minimum Gasteiger partial charge on any atom is -0.501 e. The molecule has 1 aliphatic rings. The monoisotopic (exact) mass is 421 g/mol. The number of aromatic nitrogens is 2. The van der Waals surface area contributed by atoms with Crippen molar-refractivity contribution in [2.75, 3.05) is 6.54 Å². The number of aromatic hydroxyl groups is 1. The Balaban J connectivity index is 1.88. The Labute approximate surface area is 170 Å². The Morgan fingerprint density at radius 3 is 2.59 bits per heavy atom. The molecule has 1 aromatic carbocycles. The summed E-state index contributed by atoms with van der Waals surface area (Å²) in [6, 6.07) is 5.96. The van der Waals surface area contributed by atoms with E-state index in [1.165, 1.54) is 4.90 Å². The molecule has 2 aromatic rings. The summed E-state index contributed by atoms with van der Waals surface area (Å²) >= 11 is 5.87. The third-order valence-electron chi connectivity index (χ3n) is 4.65. The fourth-order valence-corrected chi connectivity index (χ4v) is 3.40. The number of carbonyl (C=O) groups is 2. The molecule has 1 saturated heterocycles. The number of halogens is 1. The summed E-state index contributed by atoms with van der Waals surface area (Å²) in [5.74, 6) is -2.37. The first-order valence-electron chi connectivity index (χ1n) is 8.92. The van der Waals surface area contributed by atoms with Gasteiger partial charge in [-0.2, -0.15) is 0 Å². The van der Waals surface area contributed by atoms with E-state index in [2.05, 4.69) is 9.97 Å². The van der Waals surface area contributed by atoms with Gasteiger partial charge in [-0.05, 0) is 51.0 Å². The fraction of sp³-hybridized carbons (Fsp3) is 0.368. The van der Waals surface area contributed by atoms with Crippen LogP contribution in [0.1, 0.15) is 49.0 Å². The summed E-state index contributed by atoms with van der Waals surface area (Å²) in [5.41, 5.74) is -2.95. The predicted molar refractivity (Wildman–Crippen MR) is 103 cm³/mol. The number of carboxylic acid groups (broad SMARTS) is 1. The highest BCUT2D eigenvalue weighted by molar-refractivity contribution is 6.30. The van der Waals surface area contributed by atoms with Crippen LogP contribution in [0.5, 0.6) is 11.5 Å². The van der Waals surface area contributed by atoms with Gasteiger partial charge in [-0.3, -0.25) is 9.59 Å². The van der Waals surface area contributed by atoms with Gasteiger partial charge < -0.3 is 24.8 Å². The van der Waals surface area contributed by atoms with Gasteiger partial charge in [0, 0.05) is 11.6 Å². The minimum absolute atomic E-state index is 0.0124. The molecule has 1 aromatic heterocycles. The summed E-state index contributed by atoms with van der Waals surface area (Å²) in [5, 5.41) is 19.3. The molecule has 0 saturated carbocycles. The Bertz CT molecular complexity index is 1000. The highest BCUT2D eigenvalue weighted by Crippen LogP contribution is 2.33. The Morgan fingerprint density at radius 1 is 1.31 bits per heavy atom. The van der Waals surface area contributed by atoms with Crippen LogP contribution in [0, 0.1) is 0 Å². The van der Waals surface area contributed by atoms with Gasteiger partial charge in [0.05, 0.1) is 6.04 Å². The lowest BCUT2D eigenvalue weighted by molar-refractivity contribution is -0.146. The first-order chi connectivity index (χ1) is 13.6. The third kappa shape index (κ3) is 4.19. The number of carbonyl (C=O) groups excluding carboxylic acids is 1. The normalized spacial score (nSPS) is 16.7. The third-order valence-corrected chi connectivity index (χ3v) is 4.90. The Morgan fingerprint density at radius 2 is 1.97 bits per heavy atom. The van der Waals surface area contributed by atoms with E-state index in [0.717, 1.165) is 0 Å². The molecule has 3 rings (SSSR count). The minimum atomic E-state index is -1.53. The van der Waals surface area contributed by atoms with E-state index < -0.39 is 34.6 Å². The number of likely N-dealkylation sites (tertiary alicyclic amines) is 1. The van der Waals surface area contributed by atoms with E-state index in [1.54, 1.807) is 38.1 Å². The van der Waals surface area contributed by atoms with Crippen molar-refractivity contribution in [1.29, 1.82) is 0 Å². The first kappa shape index (κ1) is 20.7. The molecule has 29 heavy (non-hydrogen) atoms. The van der Waals surface area contributed by atoms with E-state index >= 15 is 0 Å². The van der Waals surface area contributed by atoms with Crippen molar-refractivity contribution in [2.24, 2.45) is 0 Å². The molecule has 0 bridgehead atoms. The zero-order valence-electron chi connectivity index (χ0n) is 15.8. The van der Waals surface area contributed by atoms with Gasteiger partial charge in [0.25, 0.3) is 11.5 Å². The molecule has 0 aliphatic carbocycles. The smallest absolute Gasteiger partial charge is 0.358 e. The van der Waals surface area contributed by atoms with E-state index in [0.29, 0.717) is 30.2 Å². The van der Waals surface area contributed by atoms with Gasteiger partial charge in [0.1, 0.15) is 11.6 Å². The zero-order chi connectivity index (χ0) is 21.3. The average molecular weight is 422 g/mol. The largest absolute Gasteiger partial charge is 0.501 e. The van der Waals surface area contributed by atoms with Crippen LogP contribution in [-0.2, 0) is 4.79 Å². The number of H-pyrrole nitrogens is 1. The number of ether oxygens (including phenoxy) is 1. The first-order valence-corrected chi connectivity index (χ1v) is 9.30. The van der Waals surface area contributed by atoms with E-state index in [4.69, 9.17) is 21.4 Å². The summed E-state index contributed by atoms with van der Waals surface area (Å²) in [6.45, 7) is 3.63. The van der Waals surface area contributed by atoms with Crippen molar-refractivity contribution in [2.45, 2.75) is 38.3 Å². The number of hydrogen-bond acceptors (Lipinski definition) is 6. The van der Waals surface area contributed by atoms with E-state index in [1.807, 2.05) is 0 Å². The molecule has 2 heterocycles. The summed E-state index contributed by atoms with van der Waals surface area (Å²) in [6.07, 6.45) is 1.12. The Hall–Kier alpha value is -3.07. The van der Waals surface area contributed by atoms with Crippen LogP contribution in [0.2, 0.25) is 5.02 Å². The molecule has 1 amide bonds. The molecular weight excluding hydrogens is 402 g/mol. The van der Waals surface area contributed by atoms with Crippen LogP contribution in [-0.4, -0.2) is 49.1 Å². The summed E-state index contributed by atoms with van der Waals surface area (Å²) in [4.78, 5) is 44.1. The second-order valence-corrected chi connectivity index (χ2v) is 7.61. The average Bonchev–Trinajstić information content (AvgIpc) is 3.14. The van der Waals surface area contributed by atoms with E-state index in [9.17, 15) is 19.5 Å². The molecule has 10 heteroatoms. The molecule has 0 radical (unpaired) electrons. The van der Waals surface area contributed by atoms with Gasteiger partial charge in [0.2, 0.25) is 5.75 Å². The maximum absolute atomic E-state index is 13.2. The lowest BCUT2D eigenvalue weighted by Gasteiger charge is -2.33. The number of hydrogen-bond donors (Lipinski definition) is 3. The highest BCUT2D eigenvalue weighted by Gasteiger charge is 2.41. The van der Waals surface area contributed by atoms with Crippen molar-refractivity contribution in [3.8, 4) is 11.5 Å². The van der Waals surface area contributed by atoms with Crippen LogP contribution in [0.4, 0.5) is 0 Å². The topological polar surface area (TPSA) is 133 Å². The fourth-order valence-electron chi connectivity index (χ4n) is 3.27. The van der Waals surface area contributed by atoms with Crippen molar-refractivity contribution < 1.29 is 24.5 Å². The second kappa shape index (κ2) is 7.75. The predicted octanol–water partition coefficient (Wildman–Crippen LogP) is 2.35. The van der Waals surface area contributed by atoms with Gasteiger partial charge in [-0.15, -0.1) is 0 Å². The molecule has 154 valence electrons. The van der Waals surface area contributed by atoms with Crippen LogP contribution in [0.3, 0.4) is 0 Å². The standard InChI is InChI=1S/C19H20ClN3O6/c1-19(2,29-11-7-5-10(20)6-8-11)18(28)23-9-3-4-12(23)15-21-13(17(26)27)14(24)16(25)22-15/h5-8,12,24H,3-4,9H2,1-2H3,(H,26,27)(H,21,22,25)/t12-/m1/s1. The Kier molecular flexibility index (Phi) is 5.52. The number of amides is 1. The number of carboxylic acids is 1. The maximum atomic E-state index is 13.2. The molecular formula is C19H20ClN3O6. The molecule has 1 aliphatic heterocycles. The zero-order valence-corrected chi connectivity index (χ0v) is 16.6. The van der Waals surface area contributed by atoms with Crippen molar-refractivity contribution in [1.82, 2.24) is 14.9 Å². The van der Waals surface area contributed by atoms with E-state index in [-0.39, 0.29) is 11.7 Å². The molecule has 9 nitrogen and oxygen atoms in total. The van der Waals surface area contributed by atoms with Crippen molar-refractivity contribution in [3.63, 3.8) is 0 Å².